The van der Waals surface area contributed by atoms with Gasteiger partial charge in [0.1, 0.15) is 12.7 Å². The molecule has 2 aliphatic rings. The van der Waals surface area contributed by atoms with Gasteiger partial charge in [-0.2, -0.15) is 0 Å². The minimum absolute atomic E-state index is 0.194. The molecule has 0 amide bonds. The highest BCUT2D eigenvalue weighted by Gasteiger charge is 2.29. The third kappa shape index (κ3) is 2.37. The highest BCUT2D eigenvalue weighted by atomic mass is 32.2. The van der Waals surface area contributed by atoms with Crippen LogP contribution in [0.2, 0.25) is 0 Å². The molecule has 1 fully saturated rings. The second-order valence-electron chi connectivity index (χ2n) is 4.22. The third-order valence-corrected chi connectivity index (χ3v) is 5.43. The molecule has 1 aromatic heterocycles. The molecule has 0 aliphatic carbocycles. The van der Waals surface area contributed by atoms with E-state index in [0.29, 0.717) is 17.2 Å². The van der Waals surface area contributed by atoms with E-state index >= 15 is 0 Å². The third-order valence-electron chi connectivity index (χ3n) is 2.87. The van der Waals surface area contributed by atoms with Gasteiger partial charge in [-0.25, -0.2) is 4.79 Å². The van der Waals surface area contributed by atoms with Crippen LogP contribution >= 0.6 is 23.1 Å². The summed E-state index contributed by atoms with van der Waals surface area (Å²) in [6, 6.07) is 0. The molecule has 6 heteroatoms. The van der Waals surface area contributed by atoms with E-state index in [4.69, 9.17) is 14.2 Å². The number of esters is 1. The van der Waals surface area contributed by atoms with Gasteiger partial charge in [0.25, 0.3) is 0 Å². The number of hydrogen-bond donors (Lipinski definition) is 0. The van der Waals surface area contributed by atoms with Crippen LogP contribution in [0, 0.1) is 0 Å². The van der Waals surface area contributed by atoms with Gasteiger partial charge in [0.05, 0.1) is 18.6 Å². The maximum atomic E-state index is 11.8. The number of fused-ring (bicyclic) bond motifs is 1. The zero-order valence-corrected chi connectivity index (χ0v) is 11.7. The number of ether oxygens (including phenoxy) is 3. The normalized spacial score (nSPS) is 21.3. The molecule has 1 aromatic rings. The molecule has 2 aliphatic heterocycles. The molecule has 0 spiro atoms. The molecule has 0 bridgehead atoms. The average molecular weight is 286 g/mol. The predicted octanol–water partition coefficient (Wildman–Crippen LogP) is 2.35. The van der Waals surface area contributed by atoms with E-state index in [1.54, 1.807) is 11.8 Å². The van der Waals surface area contributed by atoms with E-state index in [9.17, 15) is 4.79 Å². The number of rotatable bonds is 4. The van der Waals surface area contributed by atoms with E-state index in [1.807, 2.05) is 0 Å². The van der Waals surface area contributed by atoms with Crippen molar-refractivity contribution in [3.63, 3.8) is 0 Å². The first-order valence-corrected chi connectivity index (χ1v) is 7.71. The van der Waals surface area contributed by atoms with Gasteiger partial charge in [0, 0.05) is 4.88 Å². The van der Waals surface area contributed by atoms with Crippen molar-refractivity contribution in [3.05, 3.63) is 9.75 Å². The largest absolute Gasteiger partial charge is 0.488 e. The lowest BCUT2D eigenvalue weighted by Gasteiger charge is -2.12. The Labute approximate surface area is 114 Å². The summed E-state index contributed by atoms with van der Waals surface area (Å²) in [6.45, 7) is 1.28. The second-order valence-corrected chi connectivity index (χ2v) is 6.43. The van der Waals surface area contributed by atoms with Crippen molar-refractivity contribution in [2.75, 3.05) is 26.1 Å². The molecule has 3 heterocycles. The van der Waals surface area contributed by atoms with E-state index in [0.717, 1.165) is 30.1 Å². The van der Waals surface area contributed by atoms with E-state index in [1.165, 1.54) is 23.3 Å². The molecule has 0 saturated carbocycles. The van der Waals surface area contributed by atoms with Gasteiger partial charge < -0.3 is 14.2 Å². The summed E-state index contributed by atoms with van der Waals surface area (Å²) >= 11 is 3.28. The first-order valence-electron chi connectivity index (χ1n) is 5.90. The Hall–Kier alpha value is -0.720. The zero-order valence-electron chi connectivity index (χ0n) is 10.1. The summed E-state index contributed by atoms with van der Waals surface area (Å²) in [7, 11) is 1.40. The Kier molecular flexibility index (Phi) is 3.50. The lowest BCUT2D eigenvalue weighted by Crippen LogP contribution is -2.08. The van der Waals surface area contributed by atoms with Crippen LogP contribution in [0.1, 0.15) is 21.0 Å². The molecular weight excluding hydrogens is 272 g/mol. The van der Waals surface area contributed by atoms with Crippen molar-refractivity contribution < 1.29 is 19.0 Å². The van der Waals surface area contributed by atoms with Crippen LogP contribution in [0.4, 0.5) is 0 Å². The monoisotopic (exact) mass is 286 g/mol. The Morgan fingerprint density at radius 2 is 2.39 bits per heavy atom. The highest BCUT2D eigenvalue weighted by molar-refractivity contribution is 7.99. The molecule has 0 radical (unpaired) electrons. The molecule has 0 aromatic carbocycles. The van der Waals surface area contributed by atoms with Crippen LogP contribution in [0.25, 0.3) is 0 Å². The Morgan fingerprint density at radius 1 is 1.56 bits per heavy atom. The lowest BCUT2D eigenvalue weighted by atomic mass is 10.2. The lowest BCUT2D eigenvalue weighted by molar-refractivity contribution is 0.0601. The SMILES string of the molecule is COC(=O)c1sc2c(c1OCC1CO1)SCCC2. The Morgan fingerprint density at radius 3 is 3.11 bits per heavy atom. The summed E-state index contributed by atoms with van der Waals surface area (Å²) in [4.78, 5) is 14.8. The number of thiophene rings is 1. The topological polar surface area (TPSA) is 48.1 Å². The molecule has 1 unspecified atom stereocenters. The van der Waals surface area contributed by atoms with Crippen LogP contribution in [0.3, 0.4) is 0 Å². The summed E-state index contributed by atoms with van der Waals surface area (Å²) in [5, 5.41) is 0. The summed E-state index contributed by atoms with van der Waals surface area (Å²) in [6.07, 6.45) is 2.38. The number of thioether (sulfide) groups is 1. The number of carbonyl (C=O) groups excluding carboxylic acids is 1. The van der Waals surface area contributed by atoms with Crippen LogP contribution in [-0.4, -0.2) is 38.1 Å². The maximum Gasteiger partial charge on any atom is 0.351 e. The van der Waals surface area contributed by atoms with E-state index < -0.39 is 0 Å². The molecule has 18 heavy (non-hydrogen) atoms. The van der Waals surface area contributed by atoms with Crippen molar-refractivity contribution >= 4 is 29.1 Å². The van der Waals surface area contributed by atoms with Crippen molar-refractivity contribution in [2.45, 2.75) is 23.8 Å². The summed E-state index contributed by atoms with van der Waals surface area (Å²) in [5.41, 5.74) is 0. The van der Waals surface area contributed by atoms with E-state index in [-0.39, 0.29) is 12.1 Å². The van der Waals surface area contributed by atoms with Gasteiger partial charge >= 0.3 is 5.97 Å². The van der Waals surface area contributed by atoms with Crippen molar-refractivity contribution in [2.24, 2.45) is 0 Å². The molecule has 1 saturated heterocycles. The van der Waals surface area contributed by atoms with Gasteiger partial charge in [-0.05, 0) is 18.6 Å². The smallest absolute Gasteiger partial charge is 0.351 e. The fourth-order valence-electron chi connectivity index (χ4n) is 1.86. The van der Waals surface area contributed by atoms with Gasteiger partial charge in [0.2, 0.25) is 0 Å². The number of methoxy groups -OCH3 is 1. The summed E-state index contributed by atoms with van der Waals surface area (Å²) in [5.74, 6) is 1.49. The quantitative estimate of drug-likeness (QED) is 0.628. The molecule has 0 N–H and O–H groups in total. The first kappa shape index (κ1) is 12.3. The fourth-order valence-corrected chi connectivity index (χ4v) is 4.37. The number of aryl methyl sites for hydroxylation is 1. The Balaban J connectivity index is 1.89. The second kappa shape index (κ2) is 5.11. The van der Waals surface area contributed by atoms with Crippen molar-refractivity contribution in [1.82, 2.24) is 0 Å². The predicted molar refractivity (Wildman–Crippen MR) is 69.9 cm³/mol. The zero-order chi connectivity index (χ0) is 12.5. The van der Waals surface area contributed by atoms with Gasteiger partial charge in [-0.3, -0.25) is 0 Å². The van der Waals surface area contributed by atoms with Crippen LogP contribution in [0.5, 0.6) is 5.75 Å². The van der Waals surface area contributed by atoms with Crippen molar-refractivity contribution in [1.29, 1.82) is 0 Å². The van der Waals surface area contributed by atoms with Crippen LogP contribution in [-0.2, 0) is 15.9 Å². The van der Waals surface area contributed by atoms with Crippen molar-refractivity contribution in [3.8, 4) is 5.75 Å². The molecule has 98 valence electrons. The molecule has 4 nitrogen and oxygen atoms in total. The number of epoxide rings is 1. The number of hydrogen-bond acceptors (Lipinski definition) is 6. The molecule has 1 atom stereocenters. The highest BCUT2D eigenvalue weighted by Crippen LogP contribution is 2.46. The Bertz CT molecular complexity index is 465. The fraction of sp³-hybridized carbons (Fsp3) is 0.583. The maximum absolute atomic E-state index is 11.8. The first-order chi connectivity index (χ1) is 8.79. The van der Waals surface area contributed by atoms with Gasteiger partial charge in [-0.15, -0.1) is 23.1 Å². The van der Waals surface area contributed by atoms with Crippen LogP contribution in [0.15, 0.2) is 4.90 Å². The molecule has 3 rings (SSSR count). The average Bonchev–Trinajstić information content (AvgIpc) is 3.16. The van der Waals surface area contributed by atoms with Crippen LogP contribution < -0.4 is 4.74 Å². The number of carbonyl (C=O) groups is 1. The standard InChI is InChI=1S/C12H14O4S2/c1-14-12(13)11-9(16-6-7-5-15-7)10-8(18-11)3-2-4-17-10/h7H,2-6H2,1H3. The van der Waals surface area contributed by atoms with Gasteiger partial charge in [-0.1, -0.05) is 0 Å². The van der Waals surface area contributed by atoms with E-state index in [2.05, 4.69) is 0 Å². The summed E-state index contributed by atoms with van der Waals surface area (Å²) < 4.78 is 15.7. The van der Waals surface area contributed by atoms with Gasteiger partial charge in [0.15, 0.2) is 10.6 Å². The minimum Gasteiger partial charge on any atom is -0.488 e. The minimum atomic E-state index is -0.304. The molecular formula is C12H14O4S2.